The van der Waals surface area contributed by atoms with Crippen LogP contribution in [0.2, 0.25) is 0 Å². The number of alkyl halides is 6. The number of sulfonamides is 1. The third kappa shape index (κ3) is 3.25. The molecular weight excluding hydrogens is 324 g/mol. The maximum atomic E-state index is 12.7. The molecule has 0 aromatic heterocycles. The normalized spacial score (nSPS) is 19.0. The number of benzene rings is 1. The second kappa shape index (κ2) is 4.79. The Morgan fingerprint density at radius 3 is 1.71 bits per heavy atom. The van der Waals surface area contributed by atoms with E-state index < -0.39 is 39.2 Å². The van der Waals surface area contributed by atoms with E-state index in [2.05, 4.69) is 0 Å². The van der Waals surface area contributed by atoms with E-state index in [0.29, 0.717) is 16.4 Å². The predicted molar refractivity (Wildman–Crippen MR) is 62.2 cm³/mol. The quantitative estimate of drug-likeness (QED) is 0.740. The van der Waals surface area contributed by atoms with Gasteiger partial charge in [0.1, 0.15) is 0 Å². The van der Waals surface area contributed by atoms with E-state index in [9.17, 15) is 34.8 Å². The van der Waals surface area contributed by atoms with Crippen LogP contribution in [-0.2, 0) is 22.4 Å². The lowest BCUT2D eigenvalue weighted by Crippen LogP contribution is -2.26. The zero-order chi connectivity index (χ0) is 16.1. The molecule has 0 spiro atoms. The van der Waals surface area contributed by atoms with Crippen LogP contribution in [0.5, 0.6) is 0 Å². The number of halogens is 6. The van der Waals surface area contributed by atoms with Gasteiger partial charge in [0, 0.05) is 6.54 Å². The molecule has 2 rings (SSSR count). The first-order chi connectivity index (χ1) is 9.41. The van der Waals surface area contributed by atoms with Crippen molar-refractivity contribution in [3.8, 4) is 0 Å². The number of hydrogen-bond acceptors (Lipinski definition) is 2. The summed E-state index contributed by atoms with van der Waals surface area (Å²) in [6.07, 6.45) is -9.85. The first kappa shape index (κ1) is 15.9. The van der Waals surface area contributed by atoms with E-state index in [1.165, 1.54) is 0 Å². The van der Waals surface area contributed by atoms with Gasteiger partial charge in [-0.15, -0.1) is 0 Å². The average molecular weight is 333 g/mol. The molecule has 0 bridgehead atoms. The van der Waals surface area contributed by atoms with Crippen molar-refractivity contribution in [1.29, 1.82) is 0 Å². The van der Waals surface area contributed by atoms with Gasteiger partial charge >= 0.3 is 12.4 Å². The Kier molecular flexibility index (Phi) is 3.63. The van der Waals surface area contributed by atoms with Gasteiger partial charge in [-0.1, -0.05) is 0 Å². The minimum Gasteiger partial charge on any atom is -0.270 e. The van der Waals surface area contributed by atoms with Crippen LogP contribution in [0.4, 0.5) is 32.0 Å². The fourth-order valence-corrected chi connectivity index (χ4v) is 3.56. The fourth-order valence-electron chi connectivity index (χ4n) is 2.01. The Morgan fingerprint density at radius 1 is 0.905 bits per heavy atom. The zero-order valence-electron chi connectivity index (χ0n) is 10.3. The third-order valence-corrected chi connectivity index (χ3v) is 4.83. The Bertz CT molecular complexity index is 617. The lowest BCUT2D eigenvalue weighted by Gasteiger charge is -2.20. The van der Waals surface area contributed by atoms with E-state index in [1.54, 1.807) is 0 Å². The predicted octanol–water partition coefficient (Wildman–Crippen LogP) is 3.26. The van der Waals surface area contributed by atoms with Crippen LogP contribution in [0.3, 0.4) is 0 Å². The van der Waals surface area contributed by atoms with Crippen molar-refractivity contribution in [3.63, 3.8) is 0 Å². The molecule has 10 heteroatoms. The Morgan fingerprint density at radius 2 is 1.38 bits per heavy atom. The fraction of sp³-hybridized carbons (Fsp3) is 0.455. The monoisotopic (exact) mass is 333 g/mol. The second-order valence-electron chi connectivity index (χ2n) is 4.51. The van der Waals surface area contributed by atoms with Crippen molar-refractivity contribution >= 4 is 15.7 Å². The average Bonchev–Trinajstić information content (AvgIpc) is 2.66. The molecule has 0 radical (unpaired) electrons. The molecule has 0 aliphatic carbocycles. The lowest BCUT2D eigenvalue weighted by molar-refractivity contribution is -0.143. The van der Waals surface area contributed by atoms with Gasteiger partial charge < -0.3 is 0 Å². The van der Waals surface area contributed by atoms with Gasteiger partial charge in [0.2, 0.25) is 10.0 Å². The number of hydrogen-bond donors (Lipinski definition) is 0. The molecule has 1 aromatic carbocycles. The molecule has 3 nitrogen and oxygen atoms in total. The molecule has 21 heavy (non-hydrogen) atoms. The minimum atomic E-state index is -5.00. The highest BCUT2D eigenvalue weighted by molar-refractivity contribution is 7.93. The molecule has 0 amide bonds. The van der Waals surface area contributed by atoms with Gasteiger partial charge in [-0.25, -0.2) is 8.42 Å². The summed E-state index contributed by atoms with van der Waals surface area (Å²) in [4.78, 5) is 0. The van der Waals surface area contributed by atoms with Crippen molar-refractivity contribution in [2.75, 3.05) is 16.6 Å². The van der Waals surface area contributed by atoms with E-state index >= 15 is 0 Å². The zero-order valence-corrected chi connectivity index (χ0v) is 11.1. The van der Waals surface area contributed by atoms with Crippen LogP contribution in [0.1, 0.15) is 17.5 Å². The van der Waals surface area contributed by atoms with Crippen LogP contribution in [0, 0.1) is 0 Å². The summed E-state index contributed by atoms with van der Waals surface area (Å²) in [7, 11) is -3.87. The van der Waals surface area contributed by atoms with E-state index in [4.69, 9.17) is 0 Å². The van der Waals surface area contributed by atoms with Crippen molar-refractivity contribution in [3.05, 3.63) is 29.3 Å². The highest BCUT2D eigenvalue weighted by Crippen LogP contribution is 2.39. The molecule has 1 heterocycles. The summed E-state index contributed by atoms with van der Waals surface area (Å²) in [5, 5.41) is 0. The second-order valence-corrected chi connectivity index (χ2v) is 6.52. The molecule has 1 aromatic rings. The van der Waals surface area contributed by atoms with Gasteiger partial charge in [0.05, 0.1) is 22.6 Å². The molecule has 0 unspecified atom stereocenters. The molecule has 0 atom stereocenters. The molecule has 0 saturated carbocycles. The van der Waals surface area contributed by atoms with Crippen LogP contribution >= 0.6 is 0 Å². The summed E-state index contributed by atoms with van der Waals surface area (Å²) in [5.74, 6) is -0.301. The minimum absolute atomic E-state index is 0.0355. The lowest BCUT2D eigenvalue weighted by atomic mass is 10.1. The number of rotatable bonds is 1. The highest BCUT2D eigenvalue weighted by atomic mass is 32.2. The van der Waals surface area contributed by atoms with Crippen molar-refractivity contribution in [2.24, 2.45) is 0 Å². The molecular formula is C11H9F6NO2S. The first-order valence-electron chi connectivity index (χ1n) is 5.71. The van der Waals surface area contributed by atoms with Gasteiger partial charge in [-0.05, 0) is 24.6 Å². The molecule has 1 fully saturated rings. The number of nitrogens with zero attached hydrogens (tertiary/aromatic N) is 1. The Hall–Kier alpha value is -1.45. The summed E-state index contributed by atoms with van der Waals surface area (Å²) in [6.45, 7) is -0.138. The summed E-state index contributed by atoms with van der Waals surface area (Å²) >= 11 is 0. The first-order valence-corrected chi connectivity index (χ1v) is 7.32. The number of anilines is 1. The third-order valence-electron chi connectivity index (χ3n) is 2.96. The molecule has 1 aliphatic rings. The SMILES string of the molecule is O=S1(=O)CCCN1c1cc(C(F)(F)F)cc(C(F)(F)F)c1. The maximum absolute atomic E-state index is 12.7. The van der Waals surface area contributed by atoms with Crippen molar-refractivity contribution in [2.45, 2.75) is 18.8 Å². The topological polar surface area (TPSA) is 37.4 Å². The molecule has 1 aliphatic heterocycles. The smallest absolute Gasteiger partial charge is 0.270 e. The summed E-state index contributed by atoms with van der Waals surface area (Å²) < 4.78 is 100.0. The van der Waals surface area contributed by atoms with Gasteiger partial charge in [-0.3, -0.25) is 4.31 Å². The van der Waals surface area contributed by atoms with Crippen molar-refractivity contribution < 1.29 is 34.8 Å². The van der Waals surface area contributed by atoms with Crippen molar-refractivity contribution in [1.82, 2.24) is 0 Å². The standard InChI is InChI=1S/C11H9F6NO2S/c12-10(13,14)7-4-8(11(15,16)17)6-9(5-7)18-2-1-3-21(18,19)20/h4-6H,1-3H2. The van der Waals surface area contributed by atoms with Crippen LogP contribution in [-0.4, -0.2) is 20.7 Å². The molecule has 0 N–H and O–H groups in total. The maximum Gasteiger partial charge on any atom is 0.416 e. The van der Waals surface area contributed by atoms with E-state index in [1.807, 2.05) is 0 Å². The highest BCUT2D eigenvalue weighted by Gasteiger charge is 2.39. The molecule has 118 valence electrons. The van der Waals surface area contributed by atoms with E-state index in [0.717, 1.165) is 0 Å². The van der Waals surface area contributed by atoms with Gasteiger partial charge in [-0.2, -0.15) is 26.3 Å². The largest absolute Gasteiger partial charge is 0.416 e. The molecule has 1 saturated heterocycles. The Labute approximate surface area is 116 Å². The van der Waals surface area contributed by atoms with E-state index in [-0.39, 0.29) is 24.8 Å². The van der Waals surface area contributed by atoms with Crippen LogP contribution in [0.15, 0.2) is 18.2 Å². The van der Waals surface area contributed by atoms with Gasteiger partial charge in [0.15, 0.2) is 0 Å². The van der Waals surface area contributed by atoms with Crippen LogP contribution < -0.4 is 4.31 Å². The van der Waals surface area contributed by atoms with Gasteiger partial charge in [0.25, 0.3) is 0 Å². The summed E-state index contributed by atoms with van der Waals surface area (Å²) in [6, 6.07) is 0.794. The van der Waals surface area contributed by atoms with Crippen LogP contribution in [0.25, 0.3) is 0 Å². The summed E-state index contributed by atoms with van der Waals surface area (Å²) in [5.41, 5.74) is -3.68. The Balaban J connectivity index is 2.61.